The largest absolute Gasteiger partial charge is 0.423 e. The number of nitrogens with zero attached hydrogens (tertiary/aromatic N) is 1. The number of carbonyl (C=O) groups excluding carboxylic acids is 3. The number of esters is 1. The summed E-state index contributed by atoms with van der Waals surface area (Å²) in [5.41, 5.74) is 5.37. The first-order valence-electron chi connectivity index (χ1n) is 10.3. The van der Waals surface area contributed by atoms with Crippen LogP contribution in [0.15, 0.2) is 90.0 Å². The van der Waals surface area contributed by atoms with Crippen LogP contribution in [0.2, 0.25) is 0 Å². The molecule has 3 aromatic carbocycles. The Labute approximate surface area is 191 Å². The van der Waals surface area contributed by atoms with Gasteiger partial charge in [0.15, 0.2) is 0 Å². The summed E-state index contributed by atoms with van der Waals surface area (Å²) in [6.45, 7) is 2.03. The van der Waals surface area contributed by atoms with Gasteiger partial charge in [0.1, 0.15) is 5.75 Å². The fourth-order valence-corrected chi connectivity index (χ4v) is 2.73. The molecule has 3 aromatic rings. The second kappa shape index (κ2) is 11.8. The highest BCUT2D eigenvalue weighted by atomic mass is 16.5. The van der Waals surface area contributed by atoms with Crippen LogP contribution in [-0.2, 0) is 20.8 Å². The molecule has 2 amide bonds. The molecule has 2 N–H and O–H groups in total. The summed E-state index contributed by atoms with van der Waals surface area (Å²) in [5.74, 6) is -1.83. The third kappa shape index (κ3) is 7.59. The smallest absolute Gasteiger partial charge is 0.336 e. The van der Waals surface area contributed by atoms with E-state index in [1.807, 2.05) is 49.4 Å². The monoisotopic (exact) mass is 441 g/mol. The fraction of sp³-hybridized carbons (Fsp3) is 0.0769. The van der Waals surface area contributed by atoms with E-state index in [9.17, 15) is 14.4 Å². The number of aryl methyl sites for hydroxylation is 1. The number of ether oxygens (including phenoxy) is 1. The van der Waals surface area contributed by atoms with E-state index >= 15 is 0 Å². The molecule has 0 heterocycles. The second-order valence-corrected chi connectivity index (χ2v) is 6.94. The van der Waals surface area contributed by atoms with Crippen molar-refractivity contribution in [3.8, 4) is 5.75 Å². The number of hydrazone groups is 1. The Balaban J connectivity index is 1.46. The second-order valence-electron chi connectivity index (χ2n) is 6.94. The Morgan fingerprint density at radius 3 is 2.21 bits per heavy atom. The minimum absolute atomic E-state index is 0.368. The molecule has 0 atom stereocenters. The molecule has 0 radical (unpaired) electrons. The predicted octanol–water partition coefficient (Wildman–Crippen LogP) is 3.96. The summed E-state index contributed by atoms with van der Waals surface area (Å²) in [4.78, 5) is 35.8. The van der Waals surface area contributed by atoms with Gasteiger partial charge in [-0.2, -0.15) is 5.10 Å². The van der Waals surface area contributed by atoms with Crippen LogP contribution in [-0.4, -0.2) is 24.0 Å². The van der Waals surface area contributed by atoms with Gasteiger partial charge in [0.25, 0.3) is 0 Å². The molecule has 0 unspecified atom stereocenters. The minimum atomic E-state index is -0.887. The molecule has 0 fully saturated rings. The van der Waals surface area contributed by atoms with Gasteiger partial charge >= 0.3 is 17.8 Å². The highest BCUT2D eigenvalue weighted by Gasteiger charge is 2.12. The van der Waals surface area contributed by atoms with Crippen LogP contribution in [0.4, 0.5) is 5.69 Å². The topological polar surface area (TPSA) is 96.9 Å². The summed E-state index contributed by atoms with van der Waals surface area (Å²) in [6, 6.07) is 23.2. The van der Waals surface area contributed by atoms with Crippen molar-refractivity contribution >= 4 is 35.8 Å². The van der Waals surface area contributed by atoms with E-state index in [1.54, 1.807) is 42.5 Å². The first kappa shape index (κ1) is 23.1. The average Bonchev–Trinajstić information content (AvgIpc) is 2.85. The quantitative estimate of drug-likeness (QED) is 0.145. The van der Waals surface area contributed by atoms with Crippen molar-refractivity contribution in [2.24, 2.45) is 5.10 Å². The zero-order valence-electron chi connectivity index (χ0n) is 18.0. The molecule has 166 valence electrons. The van der Waals surface area contributed by atoms with Crippen LogP contribution in [0, 0.1) is 0 Å². The lowest BCUT2D eigenvalue weighted by molar-refractivity contribution is -0.136. The van der Waals surface area contributed by atoms with Gasteiger partial charge in [-0.3, -0.25) is 9.59 Å². The van der Waals surface area contributed by atoms with Gasteiger partial charge in [-0.15, -0.1) is 0 Å². The van der Waals surface area contributed by atoms with Crippen molar-refractivity contribution in [2.75, 3.05) is 5.32 Å². The van der Waals surface area contributed by atoms with Crippen LogP contribution < -0.4 is 15.5 Å². The van der Waals surface area contributed by atoms with E-state index in [2.05, 4.69) is 15.8 Å². The molecule has 0 aliphatic carbocycles. The van der Waals surface area contributed by atoms with E-state index in [1.165, 1.54) is 12.3 Å². The van der Waals surface area contributed by atoms with Gasteiger partial charge in [0.05, 0.1) is 6.21 Å². The molecule has 3 rings (SSSR count). The molecule has 0 spiro atoms. The van der Waals surface area contributed by atoms with Gasteiger partial charge in [-0.25, -0.2) is 10.2 Å². The maximum absolute atomic E-state index is 11.9. The zero-order valence-corrected chi connectivity index (χ0v) is 18.0. The number of amides is 2. The van der Waals surface area contributed by atoms with Gasteiger partial charge in [0.2, 0.25) is 0 Å². The van der Waals surface area contributed by atoms with Crippen molar-refractivity contribution in [1.29, 1.82) is 0 Å². The number of hydrogen-bond acceptors (Lipinski definition) is 5. The standard InChI is InChI=1S/C26H23N3O4/c1-2-19-8-13-22(14-9-19)28-25(31)26(32)29-27-18-21-10-15-23(16-11-21)33-24(30)17-12-20-6-4-3-5-7-20/h3-18H,2H2,1H3,(H,28,31)(H,29,32)/b17-12+,27-18-. The van der Waals surface area contributed by atoms with Crippen molar-refractivity contribution in [2.45, 2.75) is 13.3 Å². The normalized spacial score (nSPS) is 10.8. The summed E-state index contributed by atoms with van der Waals surface area (Å²) in [7, 11) is 0. The van der Waals surface area contributed by atoms with Crippen LogP contribution in [0.1, 0.15) is 23.6 Å². The maximum atomic E-state index is 11.9. The summed E-state index contributed by atoms with van der Waals surface area (Å²) in [6.07, 6.45) is 5.28. The van der Waals surface area contributed by atoms with Crippen molar-refractivity contribution in [1.82, 2.24) is 5.43 Å². The summed E-state index contributed by atoms with van der Waals surface area (Å²) < 4.78 is 5.24. The SMILES string of the molecule is CCc1ccc(NC(=O)C(=O)N/N=C\c2ccc(OC(=O)/C=C/c3ccccc3)cc2)cc1. The van der Waals surface area contributed by atoms with Crippen molar-refractivity contribution in [3.05, 3.63) is 102 Å². The van der Waals surface area contributed by atoms with Crippen LogP contribution in [0.25, 0.3) is 6.08 Å². The number of rotatable bonds is 7. The summed E-state index contributed by atoms with van der Waals surface area (Å²) >= 11 is 0. The Morgan fingerprint density at radius 1 is 0.848 bits per heavy atom. The Hall–Kier alpha value is -4.52. The molecule has 7 nitrogen and oxygen atoms in total. The van der Waals surface area contributed by atoms with Crippen LogP contribution in [0.3, 0.4) is 0 Å². The first-order chi connectivity index (χ1) is 16.0. The van der Waals surface area contributed by atoms with E-state index in [-0.39, 0.29) is 0 Å². The van der Waals surface area contributed by atoms with Gasteiger partial charge < -0.3 is 10.1 Å². The number of carbonyl (C=O) groups is 3. The molecule has 7 heteroatoms. The Bertz CT molecular complexity index is 1150. The lowest BCUT2D eigenvalue weighted by Crippen LogP contribution is -2.32. The van der Waals surface area contributed by atoms with E-state index < -0.39 is 17.8 Å². The molecule has 0 bridgehead atoms. The number of hydrogen-bond donors (Lipinski definition) is 2. The molecule has 0 aliphatic rings. The molecule has 0 aliphatic heterocycles. The number of benzene rings is 3. The fourth-order valence-electron chi connectivity index (χ4n) is 2.73. The lowest BCUT2D eigenvalue weighted by Gasteiger charge is -2.05. The van der Waals surface area contributed by atoms with Crippen LogP contribution in [0.5, 0.6) is 5.75 Å². The highest BCUT2D eigenvalue weighted by molar-refractivity contribution is 6.39. The van der Waals surface area contributed by atoms with Crippen LogP contribution >= 0.6 is 0 Å². The number of nitrogens with one attached hydrogen (secondary N) is 2. The molecule has 0 aromatic heterocycles. The van der Waals surface area contributed by atoms with E-state index in [4.69, 9.17) is 4.74 Å². The highest BCUT2D eigenvalue weighted by Crippen LogP contribution is 2.12. The third-order valence-electron chi connectivity index (χ3n) is 4.52. The molecule has 0 saturated carbocycles. The third-order valence-corrected chi connectivity index (χ3v) is 4.52. The van der Waals surface area contributed by atoms with Gasteiger partial charge in [-0.1, -0.05) is 49.4 Å². The Kier molecular flexibility index (Phi) is 8.25. The molecular formula is C26H23N3O4. The van der Waals surface area contributed by atoms with Gasteiger partial charge in [-0.05, 0) is 65.6 Å². The van der Waals surface area contributed by atoms with Crippen molar-refractivity contribution < 1.29 is 19.1 Å². The average molecular weight is 441 g/mol. The predicted molar refractivity (Wildman–Crippen MR) is 128 cm³/mol. The Morgan fingerprint density at radius 2 is 1.55 bits per heavy atom. The zero-order chi connectivity index (χ0) is 23.5. The molecule has 0 saturated heterocycles. The van der Waals surface area contributed by atoms with E-state index in [0.29, 0.717) is 17.0 Å². The first-order valence-corrected chi connectivity index (χ1v) is 10.3. The minimum Gasteiger partial charge on any atom is -0.423 e. The van der Waals surface area contributed by atoms with E-state index in [0.717, 1.165) is 17.5 Å². The molecule has 33 heavy (non-hydrogen) atoms. The summed E-state index contributed by atoms with van der Waals surface area (Å²) in [5, 5.41) is 6.29. The lowest BCUT2D eigenvalue weighted by atomic mass is 10.1. The maximum Gasteiger partial charge on any atom is 0.336 e. The van der Waals surface area contributed by atoms with Gasteiger partial charge in [0, 0.05) is 11.8 Å². The van der Waals surface area contributed by atoms with Crippen molar-refractivity contribution in [3.63, 3.8) is 0 Å². The number of anilines is 1. The molecular weight excluding hydrogens is 418 g/mol.